The lowest BCUT2D eigenvalue weighted by molar-refractivity contribution is 0.287. The Kier molecular flexibility index (Phi) is 4.88. The summed E-state index contributed by atoms with van der Waals surface area (Å²) in [6, 6.07) is 7.78. The first-order valence-electron chi connectivity index (χ1n) is 10.4. The average molecular weight is 423 g/mol. The SMILES string of the molecule is COc1cc(N2COc3ccc4c5c(c(=O)oc4c3C2)CCCC5)cc(OC)c1OC. The van der Waals surface area contributed by atoms with Gasteiger partial charge >= 0.3 is 5.63 Å². The number of methoxy groups -OCH3 is 3. The number of rotatable bonds is 4. The summed E-state index contributed by atoms with van der Waals surface area (Å²) >= 11 is 0. The maximum Gasteiger partial charge on any atom is 0.339 e. The summed E-state index contributed by atoms with van der Waals surface area (Å²) in [7, 11) is 4.76. The molecule has 3 aromatic rings. The molecule has 0 amide bonds. The van der Waals surface area contributed by atoms with Crippen LogP contribution >= 0.6 is 0 Å². The molecule has 7 heteroatoms. The average Bonchev–Trinajstić information content (AvgIpc) is 2.82. The minimum absolute atomic E-state index is 0.222. The molecule has 0 fully saturated rings. The fraction of sp³-hybridized carbons (Fsp3) is 0.375. The molecule has 1 aliphatic carbocycles. The van der Waals surface area contributed by atoms with Gasteiger partial charge in [-0.25, -0.2) is 4.79 Å². The maximum absolute atomic E-state index is 12.7. The van der Waals surface area contributed by atoms with Crippen molar-refractivity contribution >= 4 is 16.7 Å². The molecule has 162 valence electrons. The van der Waals surface area contributed by atoms with Crippen LogP contribution in [0, 0.1) is 0 Å². The number of aryl methyl sites for hydroxylation is 1. The van der Waals surface area contributed by atoms with Crippen LogP contribution in [0.4, 0.5) is 5.69 Å². The Morgan fingerprint density at radius 1 is 0.903 bits per heavy atom. The van der Waals surface area contributed by atoms with Crippen LogP contribution < -0.4 is 29.5 Å². The van der Waals surface area contributed by atoms with Crippen molar-refractivity contribution in [3.63, 3.8) is 0 Å². The van der Waals surface area contributed by atoms with E-state index in [1.165, 1.54) is 0 Å². The second kappa shape index (κ2) is 7.72. The van der Waals surface area contributed by atoms with Crippen LogP contribution in [0.15, 0.2) is 33.5 Å². The number of nitrogens with zero attached hydrogens (tertiary/aromatic N) is 1. The van der Waals surface area contributed by atoms with Crippen molar-refractivity contribution in [1.29, 1.82) is 0 Å². The molecule has 5 rings (SSSR count). The van der Waals surface area contributed by atoms with Crippen molar-refractivity contribution in [2.24, 2.45) is 0 Å². The van der Waals surface area contributed by atoms with E-state index >= 15 is 0 Å². The fourth-order valence-electron chi connectivity index (χ4n) is 4.63. The van der Waals surface area contributed by atoms with E-state index < -0.39 is 0 Å². The van der Waals surface area contributed by atoms with Crippen LogP contribution in [0.2, 0.25) is 0 Å². The number of benzene rings is 2. The molecular weight excluding hydrogens is 398 g/mol. The van der Waals surface area contributed by atoms with E-state index in [0.29, 0.717) is 36.1 Å². The van der Waals surface area contributed by atoms with Crippen LogP contribution in [0.25, 0.3) is 11.0 Å². The molecule has 0 saturated carbocycles. The molecule has 0 radical (unpaired) electrons. The molecule has 0 unspecified atom stereocenters. The molecule has 0 saturated heterocycles. The summed E-state index contributed by atoms with van der Waals surface area (Å²) < 4.78 is 28.3. The minimum Gasteiger partial charge on any atom is -0.493 e. The molecule has 7 nitrogen and oxygen atoms in total. The smallest absolute Gasteiger partial charge is 0.339 e. The van der Waals surface area contributed by atoms with Crippen LogP contribution in [0.1, 0.15) is 29.5 Å². The Hall–Kier alpha value is -3.35. The highest BCUT2D eigenvalue weighted by molar-refractivity contribution is 5.87. The Labute approximate surface area is 180 Å². The molecule has 0 bridgehead atoms. The quantitative estimate of drug-likeness (QED) is 0.586. The van der Waals surface area contributed by atoms with Crippen LogP contribution in [0.3, 0.4) is 0 Å². The number of hydrogen-bond donors (Lipinski definition) is 0. The Balaban J connectivity index is 1.61. The molecule has 0 atom stereocenters. The highest BCUT2D eigenvalue weighted by Crippen LogP contribution is 2.43. The van der Waals surface area contributed by atoms with Crippen molar-refractivity contribution in [3.05, 3.63) is 51.4 Å². The van der Waals surface area contributed by atoms with E-state index in [0.717, 1.165) is 59.2 Å². The van der Waals surface area contributed by atoms with Crippen molar-refractivity contribution in [2.75, 3.05) is 33.0 Å². The summed E-state index contributed by atoms with van der Waals surface area (Å²) in [6.07, 6.45) is 3.83. The summed E-state index contributed by atoms with van der Waals surface area (Å²) in [6.45, 7) is 0.888. The number of hydrogen-bond acceptors (Lipinski definition) is 7. The first kappa shape index (κ1) is 19.6. The van der Waals surface area contributed by atoms with Gasteiger partial charge in [-0.2, -0.15) is 0 Å². The zero-order valence-corrected chi connectivity index (χ0v) is 17.9. The molecule has 2 heterocycles. The third-order valence-corrected chi connectivity index (χ3v) is 6.19. The van der Waals surface area contributed by atoms with E-state index in [1.54, 1.807) is 21.3 Å². The highest BCUT2D eigenvalue weighted by Gasteiger charge is 2.26. The van der Waals surface area contributed by atoms with E-state index in [2.05, 4.69) is 0 Å². The Morgan fingerprint density at radius 3 is 2.29 bits per heavy atom. The minimum atomic E-state index is -0.222. The zero-order valence-electron chi connectivity index (χ0n) is 17.9. The Morgan fingerprint density at radius 2 is 1.61 bits per heavy atom. The standard InChI is InChI=1S/C24H25NO6/c1-27-20-10-14(11-21(28-2)23(20)29-3)25-12-18-19(30-13-25)9-8-16-15-6-4-5-7-17(15)24(26)31-22(16)18/h8-11H,4-7,12-13H2,1-3H3. The second-order valence-electron chi connectivity index (χ2n) is 7.83. The topological polar surface area (TPSA) is 70.4 Å². The molecule has 2 aliphatic rings. The van der Waals surface area contributed by atoms with Crippen molar-refractivity contribution in [1.82, 2.24) is 0 Å². The monoisotopic (exact) mass is 423 g/mol. The zero-order chi connectivity index (χ0) is 21.5. The van der Waals surface area contributed by atoms with Crippen LogP contribution in [0.5, 0.6) is 23.0 Å². The number of anilines is 1. The van der Waals surface area contributed by atoms with E-state index in [-0.39, 0.29) is 5.63 Å². The van der Waals surface area contributed by atoms with Gasteiger partial charge in [0.05, 0.1) is 33.4 Å². The third kappa shape index (κ3) is 3.15. The second-order valence-corrected chi connectivity index (χ2v) is 7.83. The van der Waals surface area contributed by atoms with Gasteiger partial charge in [0.15, 0.2) is 18.2 Å². The van der Waals surface area contributed by atoms with E-state index in [1.807, 2.05) is 29.2 Å². The van der Waals surface area contributed by atoms with Gasteiger partial charge < -0.3 is 28.3 Å². The normalized spacial score (nSPS) is 15.1. The van der Waals surface area contributed by atoms with Gasteiger partial charge in [-0.1, -0.05) is 0 Å². The molecule has 31 heavy (non-hydrogen) atoms. The van der Waals surface area contributed by atoms with Gasteiger partial charge in [0.25, 0.3) is 0 Å². The van der Waals surface area contributed by atoms with Gasteiger partial charge in [-0.05, 0) is 43.4 Å². The lowest BCUT2D eigenvalue weighted by atomic mass is 9.90. The maximum atomic E-state index is 12.7. The molecular formula is C24H25NO6. The first-order chi connectivity index (χ1) is 15.1. The van der Waals surface area contributed by atoms with E-state index in [4.69, 9.17) is 23.4 Å². The van der Waals surface area contributed by atoms with Gasteiger partial charge in [-0.15, -0.1) is 0 Å². The lowest BCUT2D eigenvalue weighted by Crippen LogP contribution is -2.32. The molecule has 0 N–H and O–H groups in total. The van der Waals surface area contributed by atoms with Gasteiger partial charge in [0, 0.05) is 28.8 Å². The van der Waals surface area contributed by atoms with Gasteiger partial charge in [0.1, 0.15) is 11.3 Å². The number of ether oxygens (including phenoxy) is 4. The number of fused-ring (bicyclic) bond motifs is 5. The summed E-state index contributed by atoms with van der Waals surface area (Å²) in [5.41, 5.74) is 4.10. The van der Waals surface area contributed by atoms with E-state index in [9.17, 15) is 4.79 Å². The predicted octanol–water partition coefficient (Wildman–Crippen LogP) is 4.05. The third-order valence-electron chi connectivity index (χ3n) is 6.19. The van der Waals surface area contributed by atoms with Crippen molar-refractivity contribution in [3.8, 4) is 23.0 Å². The van der Waals surface area contributed by atoms with Gasteiger partial charge in [0.2, 0.25) is 5.75 Å². The summed E-state index contributed by atoms with van der Waals surface area (Å²) in [4.78, 5) is 14.7. The molecule has 1 aliphatic heterocycles. The summed E-state index contributed by atoms with van der Waals surface area (Å²) in [5.74, 6) is 2.42. The summed E-state index contributed by atoms with van der Waals surface area (Å²) in [5, 5.41) is 1.02. The van der Waals surface area contributed by atoms with Crippen molar-refractivity contribution in [2.45, 2.75) is 32.2 Å². The molecule has 1 aromatic heterocycles. The van der Waals surface area contributed by atoms with Crippen LogP contribution in [-0.4, -0.2) is 28.1 Å². The largest absolute Gasteiger partial charge is 0.493 e. The molecule has 2 aromatic carbocycles. The van der Waals surface area contributed by atoms with Crippen LogP contribution in [-0.2, 0) is 19.4 Å². The lowest BCUT2D eigenvalue weighted by Gasteiger charge is -2.32. The first-order valence-corrected chi connectivity index (χ1v) is 10.4. The highest BCUT2D eigenvalue weighted by atomic mass is 16.5. The molecule has 0 spiro atoms. The Bertz CT molecular complexity index is 1190. The predicted molar refractivity (Wildman–Crippen MR) is 117 cm³/mol. The van der Waals surface area contributed by atoms with Gasteiger partial charge in [-0.3, -0.25) is 0 Å². The van der Waals surface area contributed by atoms with Crippen molar-refractivity contribution < 1.29 is 23.4 Å². The fourth-order valence-corrected chi connectivity index (χ4v) is 4.63.